The van der Waals surface area contributed by atoms with E-state index in [1.807, 2.05) is 13.8 Å². The van der Waals surface area contributed by atoms with E-state index in [2.05, 4.69) is 9.97 Å². The topological polar surface area (TPSA) is 92.6 Å². The number of rotatable bonds is 5. The number of ketones is 1. The second-order valence-electron chi connectivity index (χ2n) is 7.67. The number of aromatic nitrogens is 2. The Morgan fingerprint density at radius 1 is 1.06 bits per heavy atom. The Labute approximate surface area is 186 Å². The summed E-state index contributed by atoms with van der Waals surface area (Å²) >= 11 is 0. The van der Waals surface area contributed by atoms with Crippen LogP contribution in [0.2, 0.25) is 0 Å². The molecular weight excluding hydrogens is 406 g/mol. The number of amides is 1. The summed E-state index contributed by atoms with van der Waals surface area (Å²) in [5.41, 5.74) is 3.36. The quantitative estimate of drug-likeness (QED) is 0.378. The van der Waals surface area contributed by atoms with Crippen LogP contribution in [0.15, 0.2) is 66.6 Å². The fourth-order valence-corrected chi connectivity index (χ4v) is 3.98. The fraction of sp³-hybridized carbons (Fsp3) is 0.200. The molecule has 32 heavy (non-hydrogen) atoms. The first kappa shape index (κ1) is 21.2. The highest BCUT2D eigenvalue weighted by atomic mass is 16.5. The van der Waals surface area contributed by atoms with E-state index in [-0.39, 0.29) is 17.9 Å². The Morgan fingerprint density at radius 2 is 1.81 bits per heavy atom. The zero-order chi connectivity index (χ0) is 22.8. The molecule has 1 saturated heterocycles. The molecule has 0 spiro atoms. The summed E-state index contributed by atoms with van der Waals surface area (Å²) in [5.74, 6) is -0.958. The monoisotopic (exact) mass is 429 g/mol. The number of aliphatic hydroxyl groups excluding tert-OH is 1. The third kappa shape index (κ3) is 3.73. The standard InChI is InChI=1S/C25H23N3O4/c1-15-13-20(32-3)16(2)12-18(15)23(29)21-22(19-6-4-5-9-27-19)28(25(31)24(21)30)14-17-7-10-26-11-8-17/h4-13,22,29H,14H2,1-3H3/b23-21+. The second kappa shape index (κ2) is 8.63. The molecule has 162 valence electrons. The van der Waals surface area contributed by atoms with E-state index in [9.17, 15) is 14.7 Å². The summed E-state index contributed by atoms with van der Waals surface area (Å²) in [5, 5.41) is 11.3. The molecule has 3 aromatic rings. The van der Waals surface area contributed by atoms with Gasteiger partial charge in [0.1, 0.15) is 17.6 Å². The van der Waals surface area contributed by atoms with E-state index in [1.165, 1.54) is 4.90 Å². The second-order valence-corrected chi connectivity index (χ2v) is 7.67. The Hall–Kier alpha value is -4.00. The Kier molecular flexibility index (Phi) is 5.73. The van der Waals surface area contributed by atoms with Crippen LogP contribution in [0.4, 0.5) is 0 Å². The summed E-state index contributed by atoms with van der Waals surface area (Å²) in [6.45, 7) is 3.86. The average molecular weight is 429 g/mol. The van der Waals surface area contributed by atoms with Crippen LogP contribution in [-0.4, -0.2) is 38.8 Å². The molecule has 7 nitrogen and oxygen atoms in total. The van der Waals surface area contributed by atoms with Gasteiger partial charge in [-0.2, -0.15) is 0 Å². The van der Waals surface area contributed by atoms with E-state index in [4.69, 9.17) is 4.74 Å². The lowest BCUT2D eigenvalue weighted by molar-refractivity contribution is -0.140. The van der Waals surface area contributed by atoms with Crippen molar-refractivity contribution in [1.29, 1.82) is 0 Å². The third-order valence-corrected chi connectivity index (χ3v) is 5.61. The van der Waals surface area contributed by atoms with Crippen LogP contribution in [0.25, 0.3) is 5.76 Å². The maximum atomic E-state index is 13.1. The van der Waals surface area contributed by atoms with Crippen molar-refractivity contribution in [2.45, 2.75) is 26.4 Å². The molecule has 1 aliphatic rings. The SMILES string of the molecule is COc1cc(C)c(/C(O)=C2\C(=O)C(=O)N(Cc3ccncc3)C2c2ccccn2)cc1C. The van der Waals surface area contributed by atoms with Gasteiger partial charge in [0.15, 0.2) is 0 Å². The number of likely N-dealkylation sites (tertiary alicyclic amines) is 1. The predicted molar refractivity (Wildman–Crippen MR) is 119 cm³/mol. The lowest BCUT2D eigenvalue weighted by Gasteiger charge is -2.24. The number of hydrogen-bond acceptors (Lipinski definition) is 6. The molecule has 1 amide bonds. The average Bonchev–Trinajstić information content (AvgIpc) is 3.06. The number of pyridine rings is 2. The van der Waals surface area contributed by atoms with Crippen molar-refractivity contribution in [2.75, 3.05) is 7.11 Å². The summed E-state index contributed by atoms with van der Waals surface area (Å²) < 4.78 is 5.36. The molecule has 4 rings (SSSR count). The van der Waals surface area contributed by atoms with E-state index in [0.29, 0.717) is 17.0 Å². The first-order valence-electron chi connectivity index (χ1n) is 10.2. The molecule has 0 saturated carbocycles. The van der Waals surface area contributed by atoms with E-state index >= 15 is 0 Å². The molecule has 0 aliphatic carbocycles. The number of Topliss-reactive ketones (excluding diaryl/α,β-unsaturated/α-hetero) is 1. The van der Waals surface area contributed by atoms with Gasteiger partial charge in [0.25, 0.3) is 11.7 Å². The van der Waals surface area contributed by atoms with Crippen LogP contribution in [0.1, 0.15) is 34.0 Å². The maximum Gasteiger partial charge on any atom is 0.296 e. The lowest BCUT2D eigenvalue weighted by Crippen LogP contribution is -2.29. The first-order valence-corrected chi connectivity index (χ1v) is 10.2. The van der Waals surface area contributed by atoms with Crippen LogP contribution >= 0.6 is 0 Å². The highest BCUT2D eigenvalue weighted by Gasteiger charge is 2.46. The van der Waals surface area contributed by atoms with Gasteiger partial charge in [-0.3, -0.25) is 19.6 Å². The van der Waals surface area contributed by atoms with Crippen molar-refractivity contribution in [1.82, 2.24) is 14.9 Å². The maximum absolute atomic E-state index is 13.1. The van der Waals surface area contributed by atoms with Crippen molar-refractivity contribution in [3.63, 3.8) is 0 Å². The summed E-state index contributed by atoms with van der Waals surface area (Å²) in [6.07, 6.45) is 4.86. The molecular formula is C25H23N3O4. The van der Waals surface area contributed by atoms with Crippen LogP contribution in [0.3, 0.4) is 0 Å². The fourth-order valence-electron chi connectivity index (χ4n) is 3.98. The van der Waals surface area contributed by atoms with Crippen molar-refractivity contribution in [3.8, 4) is 5.75 Å². The number of aryl methyl sites for hydroxylation is 2. The van der Waals surface area contributed by atoms with E-state index in [0.717, 1.165) is 16.7 Å². The third-order valence-electron chi connectivity index (χ3n) is 5.61. The zero-order valence-electron chi connectivity index (χ0n) is 18.1. The van der Waals surface area contributed by atoms with Crippen molar-refractivity contribution < 1.29 is 19.4 Å². The van der Waals surface area contributed by atoms with Crippen molar-refractivity contribution in [2.24, 2.45) is 0 Å². The van der Waals surface area contributed by atoms with Gasteiger partial charge < -0.3 is 14.7 Å². The molecule has 0 bridgehead atoms. The number of nitrogens with zero attached hydrogens (tertiary/aromatic N) is 3. The number of hydrogen-bond donors (Lipinski definition) is 1. The molecule has 1 unspecified atom stereocenters. The normalized spacial score (nSPS) is 17.6. The largest absolute Gasteiger partial charge is 0.507 e. The molecule has 1 N–H and O–H groups in total. The lowest BCUT2D eigenvalue weighted by atomic mass is 9.95. The molecule has 7 heteroatoms. The predicted octanol–water partition coefficient (Wildman–Crippen LogP) is 3.72. The van der Waals surface area contributed by atoms with Crippen molar-refractivity contribution >= 4 is 17.4 Å². The molecule has 0 radical (unpaired) electrons. The van der Waals surface area contributed by atoms with Gasteiger partial charge in [0.2, 0.25) is 0 Å². The highest BCUT2D eigenvalue weighted by Crippen LogP contribution is 2.40. The number of carbonyl (C=O) groups is 2. The Morgan fingerprint density at radius 3 is 2.47 bits per heavy atom. The van der Waals surface area contributed by atoms with Gasteiger partial charge in [-0.05, 0) is 66.9 Å². The first-order chi connectivity index (χ1) is 15.4. The van der Waals surface area contributed by atoms with Crippen LogP contribution in [0.5, 0.6) is 5.75 Å². The summed E-state index contributed by atoms with van der Waals surface area (Å²) in [6, 6.07) is 11.6. The van der Waals surface area contributed by atoms with Crippen LogP contribution in [0, 0.1) is 13.8 Å². The number of ether oxygens (including phenoxy) is 1. The summed E-state index contributed by atoms with van der Waals surface area (Å²) in [4.78, 5) is 36.0. The minimum absolute atomic E-state index is 0.0235. The van der Waals surface area contributed by atoms with Gasteiger partial charge in [-0.15, -0.1) is 0 Å². The molecule has 1 aromatic carbocycles. The summed E-state index contributed by atoms with van der Waals surface area (Å²) in [7, 11) is 1.58. The Balaban J connectivity index is 1.89. The van der Waals surface area contributed by atoms with Gasteiger partial charge in [0.05, 0.1) is 18.4 Å². The van der Waals surface area contributed by atoms with Gasteiger partial charge >= 0.3 is 0 Å². The molecule has 1 fully saturated rings. The van der Waals surface area contributed by atoms with Crippen LogP contribution in [-0.2, 0) is 16.1 Å². The smallest absolute Gasteiger partial charge is 0.296 e. The number of carbonyl (C=O) groups excluding carboxylic acids is 2. The van der Waals surface area contributed by atoms with E-state index in [1.54, 1.807) is 68.2 Å². The minimum atomic E-state index is -0.814. The van der Waals surface area contributed by atoms with Gasteiger partial charge in [-0.25, -0.2) is 0 Å². The van der Waals surface area contributed by atoms with Crippen molar-refractivity contribution in [3.05, 3.63) is 94.6 Å². The van der Waals surface area contributed by atoms with E-state index < -0.39 is 17.7 Å². The Bertz CT molecular complexity index is 1210. The zero-order valence-corrected chi connectivity index (χ0v) is 18.1. The van der Waals surface area contributed by atoms with Gasteiger partial charge in [0, 0.05) is 30.7 Å². The number of aliphatic hydroxyl groups is 1. The molecule has 2 aromatic heterocycles. The highest BCUT2D eigenvalue weighted by molar-refractivity contribution is 6.46. The van der Waals surface area contributed by atoms with Gasteiger partial charge in [-0.1, -0.05) is 6.07 Å². The molecule has 1 aliphatic heterocycles. The molecule has 3 heterocycles. The molecule has 1 atom stereocenters. The van der Waals surface area contributed by atoms with Crippen LogP contribution < -0.4 is 4.74 Å². The number of benzene rings is 1. The number of methoxy groups -OCH3 is 1. The minimum Gasteiger partial charge on any atom is -0.507 e.